The molecular weight excluding hydrogens is 366 g/mol. The van der Waals surface area contributed by atoms with Crippen molar-refractivity contribution in [3.8, 4) is 5.69 Å². The second kappa shape index (κ2) is 7.39. The topological polar surface area (TPSA) is 62.6 Å². The maximum atomic E-state index is 13.0. The molecular formula is C23H21N3O3. The second-order valence-corrected chi connectivity index (χ2v) is 7.06. The molecule has 6 heteroatoms. The van der Waals surface area contributed by atoms with Crippen molar-refractivity contribution in [2.75, 3.05) is 18.0 Å². The number of benzene rings is 2. The maximum absolute atomic E-state index is 13.0. The van der Waals surface area contributed by atoms with Gasteiger partial charge in [0.05, 0.1) is 6.54 Å². The van der Waals surface area contributed by atoms with Gasteiger partial charge in [0.15, 0.2) is 5.78 Å². The van der Waals surface area contributed by atoms with Crippen LogP contribution in [0.5, 0.6) is 0 Å². The molecule has 2 heterocycles. The van der Waals surface area contributed by atoms with Crippen LogP contribution < -0.4 is 4.90 Å². The number of rotatable bonds is 5. The van der Waals surface area contributed by atoms with Crippen molar-refractivity contribution in [2.24, 2.45) is 0 Å². The van der Waals surface area contributed by atoms with Crippen LogP contribution in [0.15, 0.2) is 66.7 Å². The van der Waals surface area contributed by atoms with Crippen LogP contribution in [0, 0.1) is 13.8 Å². The number of hydrogen-bond acceptors (Lipinski definition) is 3. The molecule has 0 N–H and O–H groups in total. The highest BCUT2D eigenvalue weighted by Crippen LogP contribution is 2.24. The molecule has 3 aromatic rings. The van der Waals surface area contributed by atoms with Crippen LogP contribution in [0.3, 0.4) is 0 Å². The van der Waals surface area contributed by atoms with Gasteiger partial charge in [-0.25, -0.2) is 4.79 Å². The van der Waals surface area contributed by atoms with E-state index in [0.717, 1.165) is 22.0 Å². The number of aromatic nitrogens is 1. The zero-order valence-corrected chi connectivity index (χ0v) is 16.3. The third-order valence-corrected chi connectivity index (χ3v) is 5.17. The summed E-state index contributed by atoms with van der Waals surface area (Å²) in [6.07, 6.45) is 0. The van der Waals surface area contributed by atoms with Gasteiger partial charge in [0.25, 0.3) is 5.91 Å². The number of carbonyl (C=O) groups is 3. The number of nitrogens with zero attached hydrogens (tertiary/aromatic N) is 3. The number of anilines is 1. The summed E-state index contributed by atoms with van der Waals surface area (Å²) >= 11 is 0. The Hall–Kier alpha value is -3.67. The van der Waals surface area contributed by atoms with Crippen LogP contribution in [-0.2, 0) is 4.79 Å². The Kier molecular flexibility index (Phi) is 4.76. The lowest BCUT2D eigenvalue weighted by Crippen LogP contribution is -2.37. The Labute approximate surface area is 169 Å². The number of urea groups is 1. The van der Waals surface area contributed by atoms with E-state index < -0.39 is 6.03 Å². The SMILES string of the molecule is Cc1cc(C(=O)CN2C(=O)CN(c3ccccc3)C2=O)c(C)n1-c1ccccc1. The minimum atomic E-state index is -0.466. The molecule has 3 amide bonds. The lowest BCUT2D eigenvalue weighted by Gasteiger charge is -2.16. The molecule has 1 saturated heterocycles. The third kappa shape index (κ3) is 3.33. The molecule has 0 unspecified atom stereocenters. The largest absolute Gasteiger partial charge is 0.332 e. The summed E-state index contributed by atoms with van der Waals surface area (Å²) in [5.41, 5.74) is 3.83. The maximum Gasteiger partial charge on any atom is 0.332 e. The normalized spacial score (nSPS) is 14.0. The van der Waals surface area contributed by atoms with Crippen LogP contribution in [0.25, 0.3) is 5.69 Å². The van der Waals surface area contributed by atoms with Gasteiger partial charge < -0.3 is 4.57 Å². The molecule has 0 radical (unpaired) electrons. The molecule has 4 rings (SSSR count). The van der Waals surface area contributed by atoms with Gasteiger partial charge >= 0.3 is 6.03 Å². The number of ketones is 1. The lowest BCUT2D eigenvalue weighted by molar-refractivity contribution is -0.124. The van der Waals surface area contributed by atoms with Gasteiger partial charge in [-0.2, -0.15) is 0 Å². The quantitative estimate of drug-likeness (QED) is 0.495. The fourth-order valence-corrected chi connectivity index (χ4v) is 3.75. The Morgan fingerprint density at radius 1 is 0.897 bits per heavy atom. The van der Waals surface area contributed by atoms with Gasteiger partial charge in [-0.3, -0.25) is 19.4 Å². The van der Waals surface area contributed by atoms with E-state index in [1.165, 1.54) is 4.90 Å². The van der Waals surface area contributed by atoms with E-state index >= 15 is 0 Å². The highest BCUT2D eigenvalue weighted by molar-refractivity contribution is 6.15. The number of aryl methyl sites for hydroxylation is 1. The van der Waals surface area contributed by atoms with Crippen molar-refractivity contribution in [1.82, 2.24) is 9.47 Å². The molecule has 29 heavy (non-hydrogen) atoms. The number of carbonyl (C=O) groups excluding carboxylic acids is 3. The van der Waals surface area contributed by atoms with Gasteiger partial charge in [-0.05, 0) is 44.2 Å². The zero-order chi connectivity index (χ0) is 20.5. The Balaban J connectivity index is 1.57. The first-order valence-electron chi connectivity index (χ1n) is 9.42. The van der Waals surface area contributed by atoms with Crippen LogP contribution in [0.4, 0.5) is 10.5 Å². The van der Waals surface area contributed by atoms with Crippen LogP contribution in [0.2, 0.25) is 0 Å². The Morgan fingerprint density at radius 3 is 2.10 bits per heavy atom. The summed E-state index contributed by atoms with van der Waals surface area (Å²) in [6.45, 7) is 3.48. The van der Waals surface area contributed by atoms with Crippen LogP contribution in [0.1, 0.15) is 21.7 Å². The number of amides is 3. The molecule has 0 atom stereocenters. The number of para-hydroxylation sites is 2. The average Bonchev–Trinajstić information content (AvgIpc) is 3.19. The van der Waals surface area contributed by atoms with Gasteiger partial charge in [-0.15, -0.1) is 0 Å². The molecule has 1 fully saturated rings. The van der Waals surface area contributed by atoms with E-state index in [1.54, 1.807) is 24.3 Å². The summed E-state index contributed by atoms with van der Waals surface area (Å²) in [6, 6.07) is 20.1. The Bertz CT molecular complexity index is 1090. The standard InChI is InChI=1S/C23H21N3O3/c1-16-13-20(17(2)26(16)19-11-7-4-8-12-19)21(27)14-25-22(28)15-24(23(25)29)18-9-5-3-6-10-18/h3-13H,14-15H2,1-2H3. The molecule has 1 aliphatic rings. The van der Waals surface area contributed by atoms with Gasteiger partial charge in [0.1, 0.15) is 6.54 Å². The molecule has 2 aromatic carbocycles. The van der Waals surface area contributed by atoms with Crippen molar-refractivity contribution in [3.05, 3.63) is 83.7 Å². The average molecular weight is 387 g/mol. The number of Topliss-reactive ketones (excluding diaryl/α,β-unsaturated/α-hetero) is 1. The van der Waals surface area contributed by atoms with E-state index in [4.69, 9.17) is 0 Å². The smallest absolute Gasteiger partial charge is 0.318 e. The van der Waals surface area contributed by atoms with Crippen molar-refractivity contribution >= 4 is 23.4 Å². The molecule has 6 nitrogen and oxygen atoms in total. The minimum absolute atomic E-state index is 0.0564. The highest BCUT2D eigenvalue weighted by Gasteiger charge is 2.38. The summed E-state index contributed by atoms with van der Waals surface area (Å²) in [4.78, 5) is 40.6. The monoisotopic (exact) mass is 387 g/mol. The Morgan fingerprint density at radius 2 is 1.48 bits per heavy atom. The first-order valence-corrected chi connectivity index (χ1v) is 9.42. The van der Waals surface area contributed by atoms with Crippen molar-refractivity contribution < 1.29 is 14.4 Å². The van der Waals surface area contributed by atoms with Gasteiger partial charge in [0, 0.05) is 28.3 Å². The van der Waals surface area contributed by atoms with Crippen LogP contribution >= 0.6 is 0 Å². The van der Waals surface area contributed by atoms with Crippen molar-refractivity contribution in [2.45, 2.75) is 13.8 Å². The molecule has 1 aliphatic heterocycles. The molecule has 0 saturated carbocycles. The lowest BCUT2D eigenvalue weighted by atomic mass is 10.1. The van der Waals surface area contributed by atoms with E-state index in [1.807, 2.05) is 60.9 Å². The molecule has 1 aromatic heterocycles. The second-order valence-electron chi connectivity index (χ2n) is 7.06. The summed E-state index contributed by atoms with van der Waals surface area (Å²) < 4.78 is 2.00. The first-order chi connectivity index (χ1) is 14.0. The number of imide groups is 1. The molecule has 146 valence electrons. The molecule has 0 aliphatic carbocycles. The predicted molar refractivity (Wildman–Crippen MR) is 110 cm³/mol. The predicted octanol–water partition coefficient (Wildman–Crippen LogP) is 3.75. The van der Waals surface area contributed by atoms with Crippen molar-refractivity contribution in [3.63, 3.8) is 0 Å². The van der Waals surface area contributed by atoms with Crippen molar-refractivity contribution in [1.29, 1.82) is 0 Å². The van der Waals surface area contributed by atoms with Gasteiger partial charge in [-0.1, -0.05) is 36.4 Å². The van der Waals surface area contributed by atoms with Gasteiger partial charge in [0.2, 0.25) is 0 Å². The van der Waals surface area contributed by atoms with E-state index in [2.05, 4.69) is 0 Å². The summed E-state index contributed by atoms with van der Waals surface area (Å²) in [5, 5.41) is 0. The fraction of sp³-hybridized carbons (Fsp3) is 0.174. The highest BCUT2D eigenvalue weighted by atomic mass is 16.2. The third-order valence-electron chi connectivity index (χ3n) is 5.17. The molecule has 0 bridgehead atoms. The molecule has 0 spiro atoms. The summed E-state index contributed by atoms with van der Waals surface area (Å²) in [7, 11) is 0. The van der Waals surface area contributed by atoms with Crippen LogP contribution in [-0.4, -0.2) is 40.3 Å². The number of hydrogen-bond donors (Lipinski definition) is 0. The van der Waals surface area contributed by atoms with E-state index in [0.29, 0.717) is 11.3 Å². The van der Waals surface area contributed by atoms with E-state index in [-0.39, 0.29) is 24.8 Å². The first kappa shape index (κ1) is 18.7. The summed E-state index contributed by atoms with van der Waals surface area (Å²) in [5.74, 6) is -0.624. The minimum Gasteiger partial charge on any atom is -0.318 e. The fourth-order valence-electron chi connectivity index (χ4n) is 3.75. The van der Waals surface area contributed by atoms with E-state index in [9.17, 15) is 14.4 Å². The zero-order valence-electron chi connectivity index (χ0n) is 16.3.